The summed E-state index contributed by atoms with van der Waals surface area (Å²) in [6.07, 6.45) is 4.46. The van der Waals surface area contributed by atoms with Crippen LogP contribution >= 0.6 is 0 Å². The SMILES string of the molecule is COc1cccc2c1C1(CCN(c3ccnc(N)n3)CC1)OCC2. The van der Waals surface area contributed by atoms with Crippen molar-refractivity contribution in [3.63, 3.8) is 0 Å². The quantitative estimate of drug-likeness (QED) is 0.911. The number of rotatable bonds is 2. The van der Waals surface area contributed by atoms with Gasteiger partial charge in [-0.3, -0.25) is 0 Å². The largest absolute Gasteiger partial charge is 0.496 e. The molecule has 0 bridgehead atoms. The Labute approximate surface area is 141 Å². The van der Waals surface area contributed by atoms with Crippen LogP contribution in [-0.4, -0.2) is 36.8 Å². The molecular formula is C18H22N4O2. The number of nitrogens with zero attached hydrogens (tertiary/aromatic N) is 3. The van der Waals surface area contributed by atoms with Crippen molar-refractivity contribution in [2.75, 3.05) is 37.4 Å². The molecule has 0 unspecified atom stereocenters. The lowest BCUT2D eigenvalue weighted by Gasteiger charge is -2.45. The van der Waals surface area contributed by atoms with Crippen molar-refractivity contribution in [3.05, 3.63) is 41.6 Å². The summed E-state index contributed by atoms with van der Waals surface area (Å²) in [4.78, 5) is 10.6. The van der Waals surface area contributed by atoms with Crippen molar-refractivity contribution in [2.24, 2.45) is 0 Å². The van der Waals surface area contributed by atoms with Crippen LogP contribution in [0.4, 0.5) is 11.8 Å². The van der Waals surface area contributed by atoms with Crippen molar-refractivity contribution in [2.45, 2.75) is 24.9 Å². The number of nitrogens with two attached hydrogens (primary N) is 1. The summed E-state index contributed by atoms with van der Waals surface area (Å²) >= 11 is 0. The molecule has 2 aliphatic rings. The maximum atomic E-state index is 6.32. The third-order valence-electron chi connectivity index (χ3n) is 5.09. The molecule has 0 saturated carbocycles. The average molecular weight is 326 g/mol. The van der Waals surface area contributed by atoms with E-state index in [1.54, 1.807) is 13.3 Å². The van der Waals surface area contributed by atoms with Crippen LogP contribution in [0.5, 0.6) is 5.75 Å². The maximum Gasteiger partial charge on any atom is 0.221 e. The fourth-order valence-electron chi connectivity index (χ4n) is 3.93. The highest BCUT2D eigenvalue weighted by molar-refractivity contribution is 5.48. The molecule has 6 nitrogen and oxygen atoms in total. The number of aromatic nitrogens is 2. The predicted octanol–water partition coefficient (Wildman–Crippen LogP) is 2.14. The van der Waals surface area contributed by atoms with Gasteiger partial charge in [-0.2, -0.15) is 4.98 Å². The Bertz CT molecular complexity index is 727. The van der Waals surface area contributed by atoms with E-state index in [2.05, 4.69) is 27.0 Å². The van der Waals surface area contributed by atoms with Crippen LogP contribution in [0.2, 0.25) is 0 Å². The predicted molar refractivity (Wildman–Crippen MR) is 92.2 cm³/mol. The molecule has 6 heteroatoms. The highest BCUT2D eigenvalue weighted by atomic mass is 16.5. The van der Waals surface area contributed by atoms with Gasteiger partial charge in [0, 0.05) is 24.8 Å². The summed E-state index contributed by atoms with van der Waals surface area (Å²) in [6, 6.07) is 8.20. The van der Waals surface area contributed by atoms with Gasteiger partial charge in [-0.05, 0) is 37.0 Å². The second-order valence-electron chi connectivity index (χ2n) is 6.35. The van der Waals surface area contributed by atoms with Crippen LogP contribution in [-0.2, 0) is 16.8 Å². The standard InChI is InChI=1S/C18H22N4O2/c1-23-14-4-2-3-13-6-12-24-18(16(13)14)7-10-22(11-8-18)15-5-9-20-17(19)21-15/h2-5,9H,6-8,10-12H2,1H3,(H2,19,20,21). The number of ether oxygens (including phenoxy) is 2. The molecular weight excluding hydrogens is 304 g/mol. The van der Waals surface area contributed by atoms with Crippen molar-refractivity contribution >= 4 is 11.8 Å². The van der Waals surface area contributed by atoms with Crippen LogP contribution in [0.25, 0.3) is 0 Å². The van der Waals surface area contributed by atoms with Crippen molar-refractivity contribution in [1.29, 1.82) is 0 Å². The van der Waals surface area contributed by atoms with E-state index in [4.69, 9.17) is 15.2 Å². The minimum absolute atomic E-state index is 0.255. The molecule has 24 heavy (non-hydrogen) atoms. The lowest BCUT2D eigenvalue weighted by atomic mass is 9.79. The molecule has 2 N–H and O–H groups in total. The zero-order valence-electron chi connectivity index (χ0n) is 13.9. The molecule has 0 amide bonds. The maximum absolute atomic E-state index is 6.32. The first-order valence-corrected chi connectivity index (χ1v) is 8.36. The molecule has 1 fully saturated rings. The molecule has 0 aliphatic carbocycles. The molecule has 1 aromatic heterocycles. The van der Waals surface area contributed by atoms with E-state index in [9.17, 15) is 0 Å². The monoisotopic (exact) mass is 326 g/mol. The van der Waals surface area contributed by atoms with Gasteiger partial charge in [-0.15, -0.1) is 0 Å². The number of benzene rings is 1. The number of methoxy groups -OCH3 is 1. The number of piperidine rings is 1. The summed E-state index contributed by atoms with van der Waals surface area (Å²) in [5, 5.41) is 0. The van der Waals surface area contributed by atoms with Crippen LogP contribution in [0.1, 0.15) is 24.0 Å². The molecule has 1 saturated heterocycles. The van der Waals surface area contributed by atoms with Gasteiger partial charge in [0.05, 0.1) is 13.7 Å². The number of fused-ring (bicyclic) bond motifs is 2. The number of hydrogen-bond acceptors (Lipinski definition) is 6. The zero-order chi connectivity index (χ0) is 16.6. The first kappa shape index (κ1) is 15.2. The molecule has 4 rings (SSSR count). The van der Waals surface area contributed by atoms with Crippen LogP contribution in [0, 0.1) is 0 Å². The molecule has 1 spiro atoms. The van der Waals surface area contributed by atoms with Crippen molar-refractivity contribution in [1.82, 2.24) is 9.97 Å². The van der Waals surface area contributed by atoms with Gasteiger partial charge < -0.3 is 20.1 Å². The summed E-state index contributed by atoms with van der Waals surface area (Å²) in [7, 11) is 1.73. The zero-order valence-corrected chi connectivity index (χ0v) is 13.9. The Morgan fingerprint density at radius 2 is 2.08 bits per heavy atom. The number of nitrogen functional groups attached to an aromatic ring is 1. The third kappa shape index (κ3) is 2.47. The topological polar surface area (TPSA) is 73.5 Å². The van der Waals surface area contributed by atoms with E-state index < -0.39 is 0 Å². The normalized spacial score (nSPS) is 19.1. The average Bonchev–Trinajstić information content (AvgIpc) is 2.62. The molecule has 0 atom stereocenters. The minimum Gasteiger partial charge on any atom is -0.496 e. The van der Waals surface area contributed by atoms with Gasteiger partial charge in [0.2, 0.25) is 5.95 Å². The summed E-state index contributed by atoms with van der Waals surface area (Å²) in [5.41, 5.74) is 8.04. The lowest BCUT2D eigenvalue weighted by molar-refractivity contribution is -0.0780. The summed E-state index contributed by atoms with van der Waals surface area (Å²) < 4.78 is 12.0. The molecule has 0 radical (unpaired) electrons. The van der Waals surface area contributed by atoms with Crippen molar-refractivity contribution in [3.8, 4) is 5.75 Å². The first-order chi connectivity index (χ1) is 11.7. The summed E-state index contributed by atoms with van der Waals surface area (Å²) in [5.74, 6) is 2.13. The van der Waals surface area contributed by atoms with Crippen molar-refractivity contribution < 1.29 is 9.47 Å². The van der Waals surface area contributed by atoms with E-state index in [0.717, 1.165) is 50.5 Å². The smallest absolute Gasteiger partial charge is 0.221 e. The van der Waals surface area contributed by atoms with E-state index in [0.29, 0.717) is 5.95 Å². The Hall–Kier alpha value is -2.34. The second kappa shape index (κ2) is 5.94. The van der Waals surface area contributed by atoms with E-state index in [1.165, 1.54) is 11.1 Å². The van der Waals surface area contributed by atoms with E-state index in [-0.39, 0.29) is 5.60 Å². The van der Waals surface area contributed by atoms with Gasteiger partial charge in [0.1, 0.15) is 17.2 Å². The number of hydrogen-bond donors (Lipinski definition) is 1. The van der Waals surface area contributed by atoms with Gasteiger partial charge in [-0.1, -0.05) is 12.1 Å². The minimum atomic E-state index is -0.255. The summed E-state index contributed by atoms with van der Waals surface area (Å²) in [6.45, 7) is 2.50. The van der Waals surface area contributed by atoms with Gasteiger partial charge in [0.15, 0.2) is 0 Å². The Kier molecular flexibility index (Phi) is 3.76. The van der Waals surface area contributed by atoms with Crippen LogP contribution in [0.15, 0.2) is 30.5 Å². The third-order valence-corrected chi connectivity index (χ3v) is 5.09. The molecule has 2 aliphatic heterocycles. The Morgan fingerprint density at radius 1 is 1.25 bits per heavy atom. The molecule has 126 valence electrons. The Balaban J connectivity index is 1.62. The van der Waals surface area contributed by atoms with E-state index in [1.807, 2.05) is 12.1 Å². The van der Waals surface area contributed by atoms with Gasteiger partial charge in [0.25, 0.3) is 0 Å². The van der Waals surface area contributed by atoms with E-state index >= 15 is 0 Å². The molecule has 1 aromatic carbocycles. The molecule has 2 aromatic rings. The fraction of sp³-hybridized carbons (Fsp3) is 0.444. The fourth-order valence-corrected chi connectivity index (χ4v) is 3.93. The van der Waals surface area contributed by atoms with Crippen LogP contribution in [0.3, 0.4) is 0 Å². The highest BCUT2D eigenvalue weighted by Crippen LogP contribution is 2.46. The Morgan fingerprint density at radius 3 is 2.83 bits per heavy atom. The second-order valence-corrected chi connectivity index (χ2v) is 6.35. The molecule has 3 heterocycles. The highest BCUT2D eigenvalue weighted by Gasteiger charge is 2.43. The van der Waals surface area contributed by atoms with Crippen LogP contribution < -0.4 is 15.4 Å². The van der Waals surface area contributed by atoms with Gasteiger partial charge >= 0.3 is 0 Å². The van der Waals surface area contributed by atoms with Gasteiger partial charge in [-0.25, -0.2) is 4.98 Å². The lowest BCUT2D eigenvalue weighted by Crippen LogP contribution is -2.47. The number of anilines is 2. The first-order valence-electron chi connectivity index (χ1n) is 8.36.